The fraction of sp³-hybridized carbons (Fsp3) is 0.550. The lowest BCUT2D eigenvalue weighted by atomic mass is 9.75. The van der Waals surface area contributed by atoms with Gasteiger partial charge >= 0.3 is 0 Å². The van der Waals surface area contributed by atoms with Gasteiger partial charge in [0.15, 0.2) is 0 Å². The van der Waals surface area contributed by atoms with Gasteiger partial charge in [-0.3, -0.25) is 14.4 Å². The summed E-state index contributed by atoms with van der Waals surface area (Å²) < 4.78 is 0. The van der Waals surface area contributed by atoms with E-state index in [1.807, 2.05) is 13.8 Å². The van der Waals surface area contributed by atoms with Gasteiger partial charge in [0.2, 0.25) is 16.9 Å². The number of halogens is 2. The van der Waals surface area contributed by atoms with Crippen LogP contribution in [0.5, 0.6) is 0 Å². The van der Waals surface area contributed by atoms with Crippen molar-refractivity contribution in [3.63, 3.8) is 0 Å². The zero-order valence-corrected chi connectivity index (χ0v) is 18.7. The molecule has 1 aromatic carbocycles. The molecule has 154 valence electrons. The topological polar surface area (TPSA) is 75.3 Å². The van der Waals surface area contributed by atoms with Gasteiger partial charge in [-0.2, -0.15) is 0 Å². The summed E-state index contributed by atoms with van der Waals surface area (Å²) >= 11 is 13.2. The Balaban J connectivity index is 2.24. The summed E-state index contributed by atoms with van der Waals surface area (Å²) in [6.07, 6.45) is 5.34. The molecule has 0 aliphatic heterocycles. The Morgan fingerprint density at radius 2 is 1.75 bits per heavy atom. The van der Waals surface area contributed by atoms with Crippen LogP contribution in [0.1, 0.15) is 59.3 Å². The monoisotopic (exact) mass is 444 g/mol. The fourth-order valence-corrected chi connectivity index (χ4v) is 4.67. The number of anilines is 1. The quantitative estimate of drug-likeness (QED) is 0.572. The number of thioether (sulfide) groups is 1. The van der Waals surface area contributed by atoms with Crippen LogP contribution >= 0.6 is 35.0 Å². The largest absolute Gasteiger partial charge is 0.346 e. The van der Waals surface area contributed by atoms with Gasteiger partial charge in [-0.25, -0.2) is 0 Å². The molecule has 8 heteroatoms. The first kappa shape index (κ1) is 23.0. The van der Waals surface area contributed by atoms with E-state index in [0.29, 0.717) is 27.0 Å². The summed E-state index contributed by atoms with van der Waals surface area (Å²) in [5.74, 6) is -0.345. The van der Waals surface area contributed by atoms with E-state index < -0.39 is 11.5 Å². The fourth-order valence-electron chi connectivity index (χ4n) is 3.30. The molecule has 2 amide bonds. The van der Waals surface area contributed by atoms with Crippen molar-refractivity contribution in [3.05, 3.63) is 22.2 Å². The van der Waals surface area contributed by atoms with Gasteiger partial charge in [-0.1, -0.05) is 56.3 Å². The van der Waals surface area contributed by atoms with E-state index in [4.69, 9.17) is 23.2 Å². The van der Waals surface area contributed by atoms with Gasteiger partial charge in [0.1, 0.15) is 0 Å². The number of carbonyl (C=O) groups excluding carboxylic acids is 3. The van der Waals surface area contributed by atoms with E-state index in [2.05, 4.69) is 10.6 Å². The number of nitrogens with one attached hydrogen (secondary N) is 2. The van der Waals surface area contributed by atoms with Crippen LogP contribution in [0.3, 0.4) is 0 Å². The van der Waals surface area contributed by atoms with E-state index in [1.165, 1.54) is 6.92 Å². The first-order valence-electron chi connectivity index (χ1n) is 9.45. The number of carbonyl (C=O) groups is 3. The molecule has 0 saturated heterocycles. The Labute approximate surface area is 180 Å². The van der Waals surface area contributed by atoms with Crippen molar-refractivity contribution < 1.29 is 14.4 Å². The Hall–Kier alpha value is -1.24. The SMILES string of the molecule is CCC(NC(C)=O)C(=O)Sc1cc(Cl)c(Cl)cc1NC(=O)C1(C)CCCCC1. The van der Waals surface area contributed by atoms with Crippen LogP contribution < -0.4 is 10.6 Å². The first-order valence-corrected chi connectivity index (χ1v) is 11.0. The van der Waals surface area contributed by atoms with Crippen LogP contribution in [-0.2, 0) is 14.4 Å². The predicted octanol–water partition coefficient (Wildman–Crippen LogP) is 5.44. The average molecular weight is 445 g/mol. The molecule has 1 aliphatic rings. The molecule has 1 atom stereocenters. The zero-order chi connectivity index (χ0) is 20.9. The van der Waals surface area contributed by atoms with Gasteiger partial charge in [0, 0.05) is 17.2 Å². The Bertz CT molecular complexity index is 764. The molecule has 0 spiro atoms. The number of benzene rings is 1. The number of amides is 2. The highest BCUT2D eigenvalue weighted by Gasteiger charge is 2.35. The maximum atomic E-state index is 12.9. The molecule has 0 bridgehead atoms. The molecule has 1 aromatic rings. The van der Waals surface area contributed by atoms with Crippen LogP contribution in [0.2, 0.25) is 10.0 Å². The number of hydrogen-bond donors (Lipinski definition) is 2. The second-order valence-electron chi connectivity index (χ2n) is 7.42. The van der Waals surface area contributed by atoms with E-state index >= 15 is 0 Å². The Morgan fingerprint density at radius 3 is 2.32 bits per heavy atom. The van der Waals surface area contributed by atoms with Crippen molar-refractivity contribution in [3.8, 4) is 0 Å². The van der Waals surface area contributed by atoms with Crippen LogP contribution in [0.4, 0.5) is 5.69 Å². The third-order valence-electron chi connectivity index (χ3n) is 5.06. The van der Waals surface area contributed by atoms with Crippen molar-refractivity contribution >= 4 is 57.6 Å². The highest BCUT2D eigenvalue weighted by Crippen LogP contribution is 2.40. The van der Waals surface area contributed by atoms with Crippen LogP contribution in [0, 0.1) is 5.41 Å². The lowest BCUT2D eigenvalue weighted by Gasteiger charge is -2.32. The molecule has 5 nitrogen and oxygen atoms in total. The minimum absolute atomic E-state index is 0.0752. The predicted molar refractivity (Wildman–Crippen MR) is 115 cm³/mol. The van der Waals surface area contributed by atoms with E-state index in [1.54, 1.807) is 12.1 Å². The molecule has 1 fully saturated rings. The van der Waals surface area contributed by atoms with E-state index in [9.17, 15) is 14.4 Å². The normalized spacial score (nSPS) is 16.9. The van der Waals surface area contributed by atoms with Crippen molar-refractivity contribution in [1.29, 1.82) is 0 Å². The van der Waals surface area contributed by atoms with Gasteiger partial charge in [-0.15, -0.1) is 0 Å². The summed E-state index contributed by atoms with van der Waals surface area (Å²) in [5, 5.41) is 5.96. The molecule has 0 heterocycles. The zero-order valence-electron chi connectivity index (χ0n) is 16.4. The van der Waals surface area contributed by atoms with E-state index in [-0.39, 0.29) is 16.9 Å². The maximum absolute atomic E-state index is 12.9. The minimum Gasteiger partial charge on any atom is -0.346 e. The highest BCUT2D eigenvalue weighted by atomic mass is 35.5. The summed E-state index contributed by atoms with van der Waals surface area (Å²) in [6.45, 7) is 5.16. The maximum Gasteiger partial charge on any atom is 0.230 e. The molecular weight excluding hydrogens is 419 g/mol. The summed E-state index contributed by atoms with van der Waals surface area (Å²) in [5.41, 5.74) is 0.0283. The number of rotatable bonds is 6. The third kappa shape index (κ3) is 5.88. The molecule has 0 radical (unpaired) electrons. The van der Waals surface area contributed by atoms with Crippen molar-refractivity contribution in [2.45, 2.75) is 70.2 Å². The third-order valence-corrected chi connectivity index (χ3v) is 6.82. The van der Waals surface area contributed by atoms with E-state index in [0.717, 1.165) is 43.9 Å². The van der Waals surface area contributed by atoms with Gasteiger partial charge < -0.3 is 10.6 Å². The molecule has 2 N–H and O–H groups in total. The summed E-state index contributed by atoms with van der Waals surface area (Å²) in [7, 11) is 0. The highest BCUT2D eigenvalue weighted by molar-refractivity contribution is 8.14. The Morgan fingerprint density at radius 1 is 1.14 bits per heavy atom. The number of hydrogen-bond acceptors (Lipinski definition) is 4. The van der Waals surface area contributed by atoms with Crippen LogP contribution in [0.25, 0.3) is 0 Å². The second kappa shape index (κ2) is 9.99. The van der Waals surface area contributed by atoms with Crippen LogP contribution in [0.15, 0.2) is 17.0 Å². The summed E-state index contributed by atoms with van der Waals surface area (Å²) in [6, 6.07) is 2.53. The molecule has 0 aromatic heterocycles. The van der Waals surface area contributed by atoms with Crippen LogP contribution in [-0.4, -0.2) is 23.0 Å². The van der Waals surface area contributed by atoms with Gasteiger partial charge in [0.25, 0.3) is 0 Å². The molecule has 1 aliphatic carbocycles. The average Bonchev–Trinajstić information content (AvgIpc) is 2.64. The summed E-state index contributed by atoms with van der Waals surface area (Å²) in [4.78, 5) is 37.4. The molecule has 1 saturated carbocycles. The van der Waals surface area contributed by atoms with Crippen molar-refractivity contribution in [2.75, 3.05) is 5.32 Å². The Kier molecular flexibility index (Phi) is 8.22. The van der Waals surface area contributed by atoms with Gasteiger partial charge in [-0.05, 0) is 43.2 Å². The molecule has 2 rings (SSSR count). The molecule has 28 heavy (non-hydrogen) atoms. The molecule has 1 unspecified atom stereocenters. The standard InChI is InChI=1S/C20H26Cl2N2O3S/c1-4-15(23-12(2)25)18(26)28-17-11-14(22)13(21)10-16(17)24-19(27)20(3)8-6-5-7-9-20/h10-11,15H,4-9H2,1-3H3,(H,23,25)(H,24,27). The lowest BCUT2D eigenvalue weighted by Crippen LogP contribution is -2.37. The second-order valence-corrected chi connectivity index (χ2v) is 9.28. The van der Waals surface area contributed by atoms with Gasteiger partial charge in [0.05, 0.1) is 21.8 Å². The smallest absolute Gasteiger partial charge is 0.230 e. The first-order chi connectivity index (χ1) is 13.2. The van der Waals surface area contributed by atoms with Crippen molar-refractivity contribution in [1.82, 2.24) is 5.32 Å². The van der Waals surface area contributed by atoms with Crippen molar-refractivity contribution in [2.24, 2.45) is 5.41 Å². The minimum atomic E-state index is -0.614. The lowest BCUT2D eigenvalue weighted by molar-refractivity contribution is -0.126. The molecular formula is C20H26Cl2N2O3S.